The lowest BCUT2D eigenvalue weighted by Crippen LogP contribution is -2.30. The maximum atomic E-state index is 12.6. The second-order valence-corrected chi connectivity index (χ2v) is 7.96. The molecule has 2 aromatic carbocycles. The minimum atomic E-state index is -0.976. The highest BCUT2D eigenvalue weighted by Crippen LogP contribution is 2.18. The number of ether oxygens (including phenoxy) is 2. The van der Waals surface area contributed by atoms with Gasteiger partial charge in [0.1, 0.15) is 24.2 Å². The Bertz CT molecular complexity index is 1470. The van der Waals surface area contributed by atoms with Crippen molar-refractivity contribution in [1.29, 1.82) is 0 Å². The van der Waals surface area contributed by atoms with Crippen molar-refractivity contribution in [3.63, 3.8) is 0 Å². The molecule has 0 saturated carbocycles. The largest absolute Gasteiger partial charge is 0.497 e. The van der Waals surface area contributed by atoms with E-state index in [4.69, 9.17) is 9.47 Å². The Morgan fingerprint density at radius 1 is 1.20 bits per heavy atom. The lowest BCUT2D eigenvalue weighted by atomic mass is 10.2. The molecule has 1 atom stereocenters. The molecule has 0 aliphatic carbocycles. The second-order valence-electron chi connectivity index (χ2n) is 7.96. The van der Waals surface area contributed by atoms with Crippen molar-refractivity contribution >= 4 is 23.3 Å². The predicted octanol–water partition coefficient (Wildman–Crippen LogP) is 1.63. The van der Waals surface area contributed by atoms with Crippen LogP contribution in [0.25, 0.3) is 11.2 Å². The fourth-order valence-electron chi connectivity index (χ4n) is 3.51. The van der Waals surface area contributed by atoms with Gasteiger partial charge in [-0.15, -0.1) is 0 Å². The Morgan fingerprint density at radius 2 is 1.97 bits per heavy atom. The van der Waals surface area contributed by atoms with E-state index in [0.29, 0.717) is 5.75 Å². The van der Waals surface area contributed by atoms with E-state index in [9.17, 15) is 14.7 Å². The zero-order valence-corrected chi connectivity index (χ0v) is 19.6. The minimum absolute atomic E-state index is 0.0125. The van der Waals surface area contributed by atoms with Gasteiger partial charge in [0.05, 0.1) is 19.9 Å². The van der Waals surface area contributed by atoms with Gasteiger partial charge in [-0.25, -0.2) is 10.2 Å². The van der Waals surface area contributed by atoms with Crippen LogP contribution in [0.4, 0.5) is 5.95 Å². The van der Waals surface area contributed by atoms with Gasteiger partial charge >= 0.3 is 5.69 Å². The molecular formula is C24H26N6O5. The maximum absolute atomic E-state index is 12.6. The number of aryl methyl sites for hydroxylation is 2. The number of hydrazone groups is 1. The van der Waals surface area contributed by atoms with Crippen molar-refractivity contribution in [3.05, 3.63) is 80.5 Å². The molecule has 0 fully saturated rings. The molecule has 11 heteroatoms. The molecule has 35 heavy (non-hydrogen) atoms. The van der Waals surface area contributed by atoms with E-state index in [1.54, 1.807) is 31.5 Å². The summed E-state index contributed by atoms with van der Waals surface area (Å²) in [5, 5.41) is 14.9. The summed E-state index contributed by atoms with van der Waals surface area (Å²) in [6, 6.07) is 14.7. The number of H-pyrrole nitrogens is 1. The van der Waals surface area contributed by atoms with Crippen LogP contribution in [-0.2, 0) is 13.6 Å². The molecule has 0 saturated heterocycles. The highest BCUT2D eigenvalue weighted by Gasteiger charge is 2.20. The predicted molar refractivity (Wildman–Crippen MR) is 132 cm³/mol. The smallest absolute Gasteiger partial charge is 0.329 e. The molecule has 0 spiro atoms. The van der Waals surface area contributed by atoms with Crippen molar-refractivity contribution in [2.75, 3.05) is 19.1 Å². The number of aromatic nitrogens is 4. The lowest BCUT2D eigenvalue weighted by molar-refractivity contribution is 0.0938. The molecule has 4 aromatic rings. The number of nitrogens with zero attached hydrogens (tertiary/aromatic N) is 4. The summed E-state index contributed by atoms with van der Waals surface area (Å²) < 4.78 is 13.5. The number of aliphatic hydroxyl groups is 1. The number of aromatic amines is 1. The second kappa shape index (κ2) is 10.3. The van der Waals surface area contributed by atoms with E-state index in [0.717, 1.165) is 16.9 Å². The van der Waals surface area contributed by atoms with Crippen molar-refractivity contribution < 1.29 is 14.6 Å². The van der Waals surface area contributed by atoms with Crippen molar-refractivity contribution in [3.8, 4) is 11.5 Å². The van der Waals surface area contributed by atoms with Gasteiger partial charge in [0.15, 0.2) is 11.2 Å². The van der Waals surface area contributed by atoms with Crippen LogP contribution in [0.3, 0.4) is 0 Å². The van der Waals surface area contributed by atoms with Crippen LogP contribution in [0.15, 0.2) is 63.2 Å². The molecule has 3 N–H and O–H groups in total. The van der Waals surface area contributed by atoms with Crippen LogP contribution in [-0.4, -0.2) is 50.2 Å². The molecule has 182 valence electrons. The average Bonchev–Trinajstić information content (AvgIpc) is 3.20. The molecule has 0 amide bonds. The number of aliphatic hydroxyl groups excluding tert-OH is 1. The topological polar surface area (TPSA) is 136 Å². The quantitative estimate of drug-likeness (QED) is 0.246. The summed E-state index contributed by atoms with van der Waals surface area (Å²) in [4.78, 5) is 31.3. The lowest BCUT2D eigenvalue weighted by Gasteiger charge is -2.15. The number of hydrogen-bond acceptors (Lipinski definition) is 8. The molecule has 4 rings (SSSR count). The van der Waals surface area contributed by atoms with Crippen LogP contribution in [0.1, 0.15) is 11.1 Å². The standard InChI is InChI=1S/C24H26N6O5/c1-15-5-4-6-19(11-15)35-14-17(31)13-30-20-21(29(2)24(33)27-22(20)32)26-23(30)28-25-12-16-7-9-18(34-3)10-8-16/h4-12,17,31H,13-14H2,1-3H3,(H,26,28)(H,27,32,33). The van der Waals surface area contributed by atoms with E-state index in [1.165, 1.54) is 16.2 Å². The molecule has 0 radical (unpaired) electrons. The van der Waals surface area contributed by atoms with Crippen LogP contribution >= 0.6 is 0 Å². The summed E-state index contributed by atoms with van der Waals surface area (Å²) in [6.07, 6.45) is 0.597. The maximum Gasteiger partial charge on any atom is 0.329 e. The Morgan fingerprint density at radius 3 is 2.69 bits per heavy atom. The highest BCUT2D eigenvalue weighted by molar-refractivity contribution is 5.80. The Balaban J connectivity index is 1.60. The van der Waals surface area contributed by atoms with E-state index in [-0.39, 0.29) is 30.3 Å². The van der Waals surface area contributed by atoms with Gasteiger partial charge in [0.2, 0.25) is 5.95 Å². The molecule has 0 aliphatic rings. The number of methoxy groups -OCH3 is 1. The Kier molecular flexibility index (Phi) is 6.97. The van der Waals surface area contributed by atoms with Crippen LogP contribution < -0.4 is 26.1 Å². The van der Waals surface area contributed by atoms with E-state index >= 15 is 0 Å². The number of hydrogen-bond donors (Lipinski definition) is 3. The monoisotopic (exact) mass is 478 g/mol. The third-order valence-corrected chi connectivity index (χ3v) is 5.33. The molecule has 0 aliphatic heterocycles. The van der Waals surface area contributed by atoms with E-state index in [2.05, 4.69) is 20.5 Å². The van der Waals surface area contributed by atoms with Gasteiger partial charge in [-0.05, 0) is 54.4 Å². The van der Waals surface area contributed by atoms with Crippen molar-refractivity contribution in [2.45, 2.75) is 19.6 Å². The van der Waals surface area contributed by atoms with Crippen LogP contribution in [0.5, 0.6) is 11.5 Å². The summed E-state index contributed by atoms with van der Waals surface area (Å²) >= 11 is 0. The van der Waals surface area contributed by atoms with Gasteiger partial charge < -0.3 is 19.1 Å². The van der Waals surface area contributed by atoms with Crippen LogP contribution in [0.2, 0.25) is 0 Å². The van der Waals surface area contributed by atoms with E-state index < -0.39 is 17.4 Å². The first-order chi connectivity index (χ1) is 16.9. The fourth-order valence-corrected chi connectivity index (χ4v) is 3.51. The molecular weight excluding hydrogens is 452 g/mol. The summed E-state index contributed by atoms with van der Waals surface area (Å²) in [6.45, 7) is 1.91. The first-order valence-corrected chi connectivity index (χ1v) is 10.9. The van der Waals surface area contributed by atoms with Gasteiger partial charge in [-0.1, -0.05) is 12.1 Å². The summed E-state index contributed by atoms with van der Waals surface area (Å²) in [7, 11) is 3.09. The number of anilines is 1. The molecule has 2 aromatic heterocycles. The minimum Gasteiger partial charge on any atom is -0.497 e. The average molecular weight is 479 g/mol. The SMILES string of the molecule is COc1ccc(C=NNc2nc3c(c(=O)[nH]c(=O)n3C)n2CC(O)COc2cccc(C)c2)cc1. The van der Waals surface area contributed by atoms with Crippen LogP contribution in [0, 0.1) is 6.92 Å². The molecule has 2 heterocycles. The number of imidazole rings is 1. The number of nitrogens with one attached hydrogen (secondary N) is 2. The Labute approximate surface area is 200 Å². The zero-order chi connectivity index (χ0) is 24.9. The molecule has 0 bridgehead atoms. The zero-order valence-electron chi connectivity index (χ0n) is 19.6. The van der Waals surface area contributed by atoms with Gasteiger partial charge in [-0.2, -0.15) is 10.1 Å². The molecule has 11 nitrogen and oxygen atoms in total. The third-order valence-electron chi connectivity index (χ3n) is 5.33. The third kappa shape index (κ3) is 5.41. The van der Waals surface area contributed by atoms with Gasteiger partial charge in [0.25, 0.3) is 5.56 Å². The fraction of sp³-hybridized carbons (Fsp3) is 0.250. The van der Waals surface area contributed by atoms with Crippen molar-refractivity contribution in [2.24, 2.45) is 12.1 Å². The highest BCUT2D eigenvalue weighted by atomic mass is 16.5. The first kappa shape index (κ1) is 23.8. The normalized spacial score (nSPS) is 12.2. The molecule has 1 unspecified atom stereocenters. The van der Waals surface area contributed by atoms with E-state index in [1.807, 2.05) is 37.3 Å². The number of rotatable bonds is 9. The number of fused-ring (bicyclic) bond motifs is 1. The first-order valence-electron chi connectivity index (χ1n) is 10.9. The summed E-state index contributed by atoms with van der Waals surface area (Å²) in [5.74, 6) is 1.53. The van der Waals surface area contributed by atoms with Gasteiger partial charge in [-0.3, -0.25) is 14.3 Å². The number of benzene rings is 2. The van der Waals surface area contributed by atoms with Gasteiger partial charge in [0, 0.05) is 7.05 Å². The van der Waals surface area contributed by atoms with Crippen molar-refractivity contribution in [1.82, 2.24) is 19.1 Å². The summed E-state index contributed by atoms with van der Waals surface area (Å²) in [5.41, 5.74) is 3.73. The Hall–Kier alpha value is -4.38.